The van der Waals surface area contributed by atoms with Gasteiger partial charge >= 0.3 is 12.0 Å². The maximum atomic E-state index is 12.4. The van der Waals surface area contributed by atoms with Crippen LogP contribution >= 0.6 is 0 Å². The van der Waals surface area contributed by atoms with Gasteiger partial charge in [0.2, 0.25) is 5.91 Å². The average Bonchev–Trinajstić information content (AvgIpc) is 3.29. The lowest BCUT2D eigenvalue weighted by Gasteiger charge is -2.35. The third kappa shape index (κ3) is 4.09. The SMILES string of the molecule is CNC(=O)C1CCCCN1C(=O)NC(CC(=O)O)C1CC1. The summed E-state index contributed by atoms with van der Waals surface area (Å²) < 4.78 is 0. The predicted molar refractivity (Wildman–Crippen MR) is 75.7 cm³/mol. The molecule has 1 saturated heterocycles. The van der Waals surface area contributed by atoms with E-state index in [4.69, 9.17) is 5.11 Å². The van der Waals surface area contributed by atoms with Gasteiger partial charge in [-0.2, -0.15) is 0 Å². The molecule has 2 atom stereocenters. The van der Waals surface area contributed by atoms with Crippen molar-refractivity contribution in [2.45, 2.75) is 50.6 Å². The number of nitrogens with zero attached hydrogens (tertiary/aromatic N) is 1. The number of carboxylic acids is 1. The highest BCUT2D eigenvalue weighted by Crippen LogP contribution is 2.34. The molecule has 0 aromatic carbocycles. The summed E-state index contributed by atoms with van der Waals surface area (Å²) in [5.41, 5.74) is 0. The van der Waals surface area contributed by atoms with E-state index in [9.17, 15) is 14.4 Å². The lowest BCUT2D eigenvalue weighted by molar-refractivity contribution is -0.137. The Morgan fingerprint density at radius 2 is 1.95 bits per heavy atom. The van der Waals surface area contributed by atoms with Gasteiger partial charge < -0.3 is 20.6 Å². The van der Waals surface area contributed by atoms with Crippen LogP contribution in [0.5, 0.6) is 0 Å². The van der Waals surface area contributed by atoms with Gasteiger partial charge in [0.1, 0.15) is 6.04 Å². The largest absolute Gasteiger partial charge is 0.481 e. The van der Waals surface area contributed by atoms with Crippen LogP contribution in [0.4, 0.5) is 4.79 Å². The summed E-state index contributed by atoms with van der Waals surface area (Å²) in [7, 11) is 1.56. The number of likely N-dealkylation sites (tertiary alicyclic amines) is 1. The number of rotatable bonds is 5. The van der Waals surface area contributed by atoms with Crippen LogP contribution in [0.25, 0.3) is 0 Å². The number of nitrogens with one attached hydrogen (secondary N) is 2. The normalized spacial score (nSPS) is 23.3. The van der Waals surface area contributed by atoms with E-state index >= 15 is 0 Å². The van der Waals surface area contributed by atoms with Gasteiger partial charge in [-0.1, -0.05) is 0 Å². The first-order valence-electron chi connectivity index (χ1n) is 7.53. The zero-order chi connectivity index (χ0) is 15.4. The highest BCUT2D eigenvalue weighted by atomic mass is 16.4. The Morgan fingerprint density at radius 3 is 2.52 bits per heavy atom. The summed E-state index contributed by atoms with van der Waals surface area (Å²) in [4.78, 5) is 36.7. The Morgan fingerprint density at radius 1 is 1.24 bits per heavy atom. The minimum absolute atomic E-state index is 0.0606. The van der Waals surface area contributed by atoms with E-state index in [1.165, 1.54) is 0 Å². The number of carboxylic acid groups (broad SMARTS) is 1. The zero-order valence-electron chi connectivity index (χ0n) is 12.3. The Kier molecular flexibility index (Phi) is 5.03. The monoisotopic (exact) mass is 297 g/mol. The van der Waals surface area contributed by atoms with Crippen molar-refractivity contribution in [3.8, 4) is 0 Å². The van der Waals surface area contributed by atoms with Crippen molar-refractivity contribution in [3.63, 3.8) is 0 Å². The third-order valence-electron chi connectivity index (χ3n) is 4.21. The lowest BCUT2D eigenvalue weighted by atomic mass is 10.0. The van der Waals surface area contributed by atoms with Gasteiger partial charge in [0, 0.05) is 19.6 Å². The molecule has 2 unspecified atom stereocenters. The molecule has 3 amide bonds. The Balaban J connectivity index is 1.98. The Hall–Kier alpha value is -1.79. The molecule has 7 heteroatoms. The molecule has 0 aromatic rings. The number of likely N-dealkylation sites (N-methyl/N-ethyl adjacent to an activating group) is 1. The number of amides is 3. The summed E-state index contributed by atoms with van der Waals surface area (Å²) >= 11 is 0. The minimum atomic E-state index is -0.909. The molecule has 2 rings (SSSR count). The van der Waals surface area contributed by atoms with Crippen molar-refractivity contribution in [2.24, 2.45) is 5.92 Å². The van der Waals surface area contributed by atoms with Crippen LogP contribution < -0.4 is 10.6 Å². The summed E-state index contributed by atoms with van der Waals surface area (Å²) in [5, 5.41) is 14.3. The third-order valence-corrected chi connectivity index (χ3v) is 4.21. The highest BCUT2D eigenvalue weighted by molar-refractivity contribution is 5.87. The van der Waals surface area contributed by atoms with E-state index in [0.29, 0.717) is 13.0 Å². The number of aliphatic carboxylic acids is 1. The van der Waals surface area contributed by atoms with E-state index < -0.39 is 12.0 Å². The molecule has 3 N–H and O–H groups in total. The fourth-order valence-corrected chi connectivity index (χ4v) is 2.88. The molecule has 0 bridgehead atoms. The molecule has 7 nitrogen and oxygen atoms in total. The quantitative estimate of drug-likeness (QED) is 0.690. The summed E-state index contributed by atoms with van der Waals surface area (Å²) in [6.45, 7) is 0.536. The standard InChI is InChI=1S/C14H23N3O4/c1-15-13(20)11-4-2-3-7-17(11)14(21)16-10(8-12(18)19)9-5-6-9/h9-11H,2-8H2,1H3,(H,15,20)(H,16,21)(H,18,19). The second-order valence-corrected chi connectivity index (χ2v) is 5.81. The number of urea groups is 1. The molecule has 0 spiro atoms. The van der Waals surface area contributed by atoms with E-state index in [1.54, 1.807) is 11.9 Å². The summed E-state index contributed by atoms with van der Waals surface area (Å²) in [5.74, 6) is -0.812. The Bertz CT molecular complexity index is 422. The molecule has 0 radical (unpaired) electrons. The van der Waals surface area contributed by atoms with Crippen LogP contribution in [0.2, 0.25) is 0 Å². The molecular weight excluding hydrogens is 274 g/mol. The van der Waals surface area contributed by atoms with Gasteiger partial charge in [-0.3, -0.25) is 9.59 Å². The van der Waals surface area contributed by atoms with E-state index in [1.807, 2.05) is 0 Å². The van der Waals surface area contributed by atoms with E-state index in [2.05, 4.69) is 10.6 Å². The fraction of sp³-hybridized carbons (Fsp3) is 0.786. The zero-order valence-corrected chi connectivity index (χ0v) is 12.3. The fourth-order valence-electron chi connectivity index (χ4n) is 2.88. The molecule has 2 aliphatic rings. The maximum Gasteiger partial charge on any atom is 0.318 e. The number of carbonyl (C=O) groups is 3. The van der Waals surface area contributed by atoms with Crippen molar-refractivity contribution < 1.29 is 19.5 Å². The van der Waals surface area contributed by atoms with Gasteiger partial charge in [-0.25, -0.2) is 4.79 Å². The Labute approximate surface area is 124 Å². The topological polar surface area (TPSA) is 98.7 Å². The second kappa shape index (κ2) is 6.78. The lowest BCUT2D eigenvalue weighted by Crippen LogP contribution is -2.56. The van der Waals surface area contributed by atoms with Gasteiger partial charge in [0.25, 0.3) is 0 Å². The number of piperidine rings is 1. The van der Waals surface area contributed by atoms with Crippen molar-refractivity contribution in [3.05, 3.63) is 0 Å². The van der Waals surface area contributed by atoms with Crippen molar-refractivity contribution in [1.82, 2.24) is 15.5 Å². The van der Waals surface area contributed by atoms with Crippen molar-refractivity contribution in [1.29, 1.82) is 0 Å². The molecule has 1 aliphatic heterocycles. The van der Waals surface area contributed by atoms with Crippen LogP contribution in [-0.2, 0) is 9.59 Å². The number of carbonyl (C=O) groups excluding carboxylic acids is 2. The molecular formula is C14H23N3O4. The van der Waals surface area contributed by atoms with Gasteiger partial charge in [-0.05, 0) is 38.0 Å². The average molecular weight is 297 g/mol. The molecule has 1 heterocycles. The van der Waals surface area contributed by atoms with Crippen LogP contribution in [0, 0.1) is 5.92 Å². The van der Waals surface area contributed by atoms with Gasteiger partial charge in [0.05, 0.1) is 6.42 Å². The summed E-state index contributed by atoms with van der Waals surface area (Å²) in [6, 6.07) is -1.10. The molecule has 2 fully saturated rings. The van der Waals surface area contributed by atoms with Crippen LogP contribution in [-0.4, -0.2) is 53.6 Å². The number of hydrogen-bond donors (Lipinski definition) is 3. The predicted octanol–water partition coefficient (Wildman–Crippen LogP) is 0.550. The van der Waals surface area contributed by atoms with Crippen molar-refractivity contribution >= 4 is 17.9 Å². The van der Waals surface area contributed by atoms with E-state index in [-0.39, 0.29) is 30.3 Å². The molecule has 21 heavy (non-hydrogen) atoms. The van der Waals surface area contributed by atoms with Gasteiger partial charge in [-0.15, -0.1) is 0 Å². The van der Waals surface area contributed by atoms with Gasteiger partial charge in [0.15, 0.2) is 0 Å². The second-order valence-electron chi connectivity index (χ2n) is 5.81. The van der Waals surface area contributed by atoms with E-state index in [0.717, 1.165) is 25.7 Å². The first-order valence-corrected chi connectivity index (χ1v) is 7.53. The maximum absolute atomic E-state index is 12.4. The molecule has 118 valence electrons. The van der Waals surface area contributed by atoms with Crippen LogP contribution in [0.3, 0.4) is 0 Å². The van der Waals surface area contributed by atoms with Crippen LogP contribution in [0.15, 0.2) is 0 Å². The minimum Gasteiger partial charge on any atom is -0.481 e. The molecule has 0 aromatic heterocycles. The molecule has 1 saturated carbocycles. The first kappa shape index (κ1) is 15.6. The van der Waals surface area contributed by atoms with Crippen LogP contribution in [0.1, 0.15) is 38.5 Å². The first-order chi connectivity index (χ1) is 10.0. The highest BCUT2D eigenvalue weighted by Gasteiger charge is 2.37. The van der Waals surface area contributed by atoms with Crippen molar-refractivity contribution in [2.75, 3.05) is 13.6 Å². The summed E-state index contributed by atoms with van der Waals surface area (Å²) in [6.07, 6.45) is 4.29. The molecule has 1 aliphatic carbocycles. The smallest absolute Gasteiger partial charge is 0.318 e. The number of hydrogen-bond acceptors (Lipinski definition) is 3.